The number of hydrogen-bond acceptors (Lipinski definition) is 5. The molecule has 1 aliphatic rings. The van der Waals surface area contributed by atoms with E-state index in [-0.39, 0.29) is 5.91 Å². The van der Waals surface area contributed by atoms with Gasteiger partial charge in [-0.25, -0.2) is 9.97 Å². The van der Waals surface area contributed by atoms with E-state index in [2.05, 4.69) is 22.2 Å². The van der Waals surface area contributed by atoms with Crippen molar-refractivity contribution in [1.29, 1.82) is 0 Å². The van der Waals surface area contributed by atoms with Crippen LogP contribution in [0.4, 0.5) is 0 Å². The molecule has 0 radical (unpaired) electrons. The average Bonchev–Trinajstić information content (AvgIpc) is 3.09. The maximum Gasteiger partial charge on any atom is 0.263 e. The molecule has 0 bridgehead atoms. The second-order valence-electron chi connectivity index (χ2n) is 5.32. The monoisotopic (exact) mass is 321 g/mol. The molecule has 4 nitrogen and oxygen atoms in total. The van der Waals surface area contributed by atoms with E-state index in [0.717, 1.165) is 34.8 Å². The lowest BCUT2D eigenvalue weighted by Gasteiger charge is -2.21. The van der Waals surface area contributed by atoms with E-state index in [9.17, 15) is 4.79 Å². The van der Waals surface area contributed by atoms with Gasteiger partial charge in [0.05, 0.1) is 21.9 Å². The Hall–Kier alpha value is -1.27. The Labute approximate surface area is 132 Å². The quantitative estimate of drug-likeness (QED) is 0.940. The van der Waals surface area contributed by atoms with Crippen LogP contribution in [0.15, 0.2) is 5.51 Å². The summed E-state index contributed by atoms with van der Waals surface area (Å²) >= 11 is 3.22. The summed E-state index contributed by atoms with van der Waals surface area (Å²) in [4.78, 5) is 23.3. The highest BCUT2D eigenvalue weighted by atomic mass is 32.1. The first-order chi connectivity index (χ1) is 10.2. The smallest absolute Gasteiger partial charge is 0.263 e. The van der Waals surface area contributed by atoms with Gasteiger partial charge in [0.1, 0.15) is 4.88 Å². The Balaban J connectivity index is 1.67. The molecule has 3 rings (SSSR count). The van der Waals surface area contributed by atoms with E-state index in [1.165, 1.54) is 28.3 Å². The number of rotatable bonds is 4. The van der Waals surface area contributed by atoms with Crippen molar-refractivity contribution in [1.82, 2.24) is 15.3 Å². The topological polar surface area (TPSA) is 54.9 Å². The van der Waals surface area contributed by atoms with Crippen LogP contribution in [0.3, 0.4) is 0 Å². The highest BCUT2D eigenvalue weighted by Gasteiger charge is 2.25. The maximum absolute atomic E-state index is 12.3. The molecule has 1 unspecified atom stereocenters. The summed E-state index contributed by atoms with van der Waals surface area (Å²) in [5.41, 5.74) is 3.85. The predicted octanol–water partition coefficient (Wildman–Crippen LogP) is 3.32. The van der Waals surface area contributed by atoms with Gasteiger partial charge in [0.15, 0.2) is 0 Å². The first kappa shape index (κ1) is 14.7. The summed E-state index contributed by atoms with van der Waals surface area (Å²) < 4.78 is 0. The molecular formula is C15H19N3OS2. The van der Waals surface area contributed by atoms with Crippen molar-refractivity contribution in [2.24, 2.45) is 0 Å². The third-order valence-electron chi connectivity index (χ3n) is 3.87. The lowest BCUT2D eigenvalue weighted by atomic mass is 9.91. The molecule has 21 heavy (non-hydrogen) atoms. The van der Waals surface area contributed by atoms with Crippen LogP contribution in [0.5, 0.6) is 0 Å². The summed E-state index contributed by atoms with van der Waals surface area (Å²) in [7, 11) is 0. The normalized spacial score (nSPS) is 17.5. The van der Waals surface area contributed by atoms with Crippen LogP contribution in [0.2, 0.25) is 0 Å². The van der Waals surface area contributed by atoms with Gasteiger partial charge in [-0.05, 0) is 32.6 Å². The number of aryl methyl sites for hydroxylation is 3. The summed E-state index contributed by atoms with van der Waals surface area (Å²) in [6.45, 7) is 4.76. The Kier molecular flexibility index (Phi) is 4.35. The zero-order valence-corrected chi connectivity index (χ0v) is 13.9. The SMILES string of the molecule is CCc1ncsc1C(=O)NCC1CCCc2sc(C)nc21. The van der Waals surface area contributed by atoms with Gasteiger partial charge in [-0.3, -0.25) is 4.79 Å². The molecule has 1 amide bonds. The first-order valence-electron chi connectivity index (χ1n) is 7.35. The van der Waals surface area contributed by atoms with Crippen molar-refractivity contribution < 1.29 is 4.79 Å². The van der Waals surface area contributed by atoms with Crippen molar-refractivity contribution >= 4 is 28.6 Å². The minimum Gasteiger partial charge on any atom is -0.351 e. The van der Waals surface area contributed by atoms with Crippen molar-refractivity contribution in [3.63, 3.8) is 0 Å². The van der Waals surface area contributed by atoms with Crippen LogP contribution in [0.1, 0.15) is 56.6 Å². The van der Waals surface area contributed by atoms with Gasteiger partial charge >= 0.3 is 0 Å². The lowest BCUT2D eigenvalue weighted by molar-refractivity contribution is 0.0953. The zero-order valence-electron chi connectivity index (χ0n) is 12.3. The number of hydrogen-bond donors (Lipinski definition) is 1. The first-order valence-corrected chi connectivity index (χ1v) is 9.05. The molecule has 0 saturated heterocycles. The van der Waals surface area contributed by atoms with Crippen LogP contribution in [-0.4, -0.2) is 22.4 Å². The Morgan fingerprint density at radius 2 is 2.38 bits per heavy atom. The van der Waals surface area contributed by atoms with Crippen LogP contribution >= 0.6 is 22.7 Å². The van der Waals surface area contributed by atoms with Gasteiger partial charge in [0.25, 0.3) is 5.91 Å². The maximum atomic E-state index is 12.3. The second kappa shape index (κ2) is 6.23. The Bertz CT molecular complexity index is 647. The van der Waals surface area contributed by atoms with E-state index >= 15 is 0 Å². The molecule has 0 aliphatic heterocycles. The predicted molar refractivity (Wildman–Crippen MR) is 86.4 cm³/mol. The molecule has 6 heteroatoms. The summed E-state index contributed by atoms with van der Waals surface area (Å²) in [5, 5.41) is 4.21. The number of fused-ring (bicyclic) bond motifs is 1. The minimum absolute atomic E-state index is 0.00780. The third kappa shape index (κ3) is 3.01. The van der Waals surface area contributed by atoms with Crippen LogP contribution in [0, 0.1) is 6.92 Å². The molecule has 2 aromatic rings. The van der Waals surface area contributed by atoms with Gasteiger partial charge in [-0.2, -0.15) is 0 Å². The fraction of sp³-hybridized carbons (Fsp3) is 0.533. The number of thiazole rings is 2. The zero-order chi connectivity index (χ0) is 14.8. The summed E-state index contributed by atoms with van der Waals surface area (Å²) in [6.07, 6.45) is 4.24. The van der Waals surface area contributed by atoms with Gasteiger partial charge in [-0.1, -0.05) is 6.92 Å². The number of amides is 1. The van der Waals surface area contributed by atoms with Crippen molar-refractivity contribution in [3.8, 4) is 0 Å². The van der Waals surface area contributed by atoms with Gasteiger partial charge in [-0.15, -0.1) is 22.7 Å². The summed E-state index contributed by atoms with van der Waals surface area (Å²) in [6, 6.07) is 0. The molecular weight excluding hydrogens is 302 g/mol. The molecule has 112 valence electrons. The molecule has 1 atom stereocenters. The fourth-order valence-electron chi connectivity index (χ4n) is 2.83. The van der Waals surface area contributed by atoms with Crippen LogP contribution < -0.4 is 5.32 Å². The van der Waals surface area contributed by atoms with Crippen molar-refractivity contribution in [2.45, 2.75) is 45.4 Å². The largest absolute Gasteiger partial charge is 0.351 e. The molecule has 0 spiro atoms. The van der Waals surface area contributed by atoms with E-state index in [0.29, 0.717) is 12.5 Å². The van der Waals surface area contributed by atoms with Gasteiger partial charge in [0.2, 0.25) is 0 Å². The van der Waals surface area contributed by atoms with Gasteiger partial charge in [0, 0.05) is 17.3 Å². The van der Waals surface area contributed by atoms with E-state index in [4.69, 9.17) is 0 Å². The molecule has 1 N–H and O–H groups in total. The van der Waals surface area contributed by atoms with E-state index in [1.54, 1.807) is 16.8 Å². The van der Waals surface area contributed by atoms with Gasteiger partial charge < -0.3 is 5.32 Å². The molecule has 1 aliphatic carbocycles. The van der Waals surface area contributed by atoms with E-state index in [1.807, 2.05) is 6.92 Å². The highest BCUT2D eigenvalue weighted by molar-refractivity contribution is 7.12. The fourth-order valence-corrected chi connectivity index (χ4v) is 4.69. The highest BCUT2D eigenvalue weighted by Crippen LogP contribution is 2.34. The van der Waals surface area contributed by atoms with E-state index < -0.39 is 0 Å². The number of carbonyl (C=O) groups excluding carboxylic acids is 1. The van der Waals surface area contributed by atoms with Crippen LogP contribution in [-0.2, 0) is 12.8 Å². The number of carbonyl (C=O) groups is 1. The molecule has 0 saturated carbocycles. The molecule has 0 aromatic carbocycles. The van der Waals surface area contributed by atoms with Crippen molar-refractivity contribution in [3.05, 3.63) is 31.7 Å². The molecule has 2 aromatic heterocycles. The molecule has 2 heterocycles. The summed E-state index contributed by atoms with van der Waals surface area (Å²) in [5.74, 6) is 0.370. The van der Waals surface area contributed by atoms with Crippen molar-refractivity contribution in [2.75, 3.05) is 6.54 Å². The Morgan fingerprint density at radius 1 is 1.52 bits per heavy atom. The van der Waals surface area contributed by atoms with Crippen LogP contribution in [0.25, 0.3) is 0 Å². The standard InChI is InChI=1S/C15H19N3OS2/c1-3-11-14(20-8-17-11)15(19)16-7-10-5-4-6-12-13(10)18-9(2)21-12/h8,10H,3-7H2,1-2H3,(H,16,19). The lowest BCUT2D eigenvalue weighted by Crippen LogP contribution is -2.30. The Morgan fingerprint density at radius 3 is 3.19 bits per heavy atom. The third-order valence-corrected chi connectivity index (χ3v) is 5.78. The number of nitrogens with one attached hydrogen (secondary N) is 1. The second-order valence-corrected chi connectivity index (χ2v) is 7.46. The molecule has 0 fully saturated rings. The number of aromatic nitrogens is 2. The minimum atomic E-state index is 0.00780. The average molecular weight is 321 g/mol. The number of nitrogens with zero attached hydrogens (tertiary/aromatic N) is 2.